The minimum absolute atomic E-state index is 0.420. The van der Waals surface area contributed by atoms with Crippen molar-refractivity contribution in [3.05, 3.63) is 0 Å². The second-order valence-corrected chi connectivity index (χ2v) is 7.27. The molecule has 2 aliphatic carbocycles. The molecule has 1 atom stereocenters. The van der Waals surface area contributed by atoms with Gasteiger partial charge < -0.3 is 14.2 Å². The second kappa shape index (κ2) is 7.94. The van der Waals surface area contributed by atoms with Crippen LogP contribution >= 0.6 is 0 Å². The van der Waals surface area contributed by atoms with Gasteiger partial charge in [-0.25, -0.2) is 0 Å². The summed E-state index contributed by atoms with van der Waals surface area (Å²) in [6, 6.07) is 0. The van der Waals surface area contributed by atoms with Gasteiger partial charge in [0, 0.05) is 6.61 Å². The summed E-state index contributed by atoms with van der Waals surface area (Å²) in [6.45, 7) is 4.74. The maximum atomic E-state index is 5.94. The van der Waals surface area contributed by atoms with Crippen molar-refractivity contribution >= 4 is 0 Å². The van der Waals surface area contributed by atoms with Gasteiger partial charge in [0.05, 0.1) is 25.4 Å². The highest BCUT2D eigenvalue weighted by atomic mass is 16.6. The lowest BCUT2D eigenvalue weighted by molar-refractivity contribution is 0.00243. The first-order chi connectivity index (χ1) is 10.3. The Morgan fingerprint density at radius 3 is 1.81 bits per heavy atom. The number of ether oxygens (including phenoxy) is 3. The molecule has 3 rings (SSSR count). The van der Waals surface area contributed by atoms with E-state index in [-0.39, 0.29) is 0 Å². The molecule has 0 N–H and O–H groups in total. The normalized spacial score (nSPS) is 40.1. The minimum Gasteiger partial charge on any atom is -0.379 e. The monoisotopic (exact) mass is 296 g/mol. The van der Waals surface area contributed by atoms with E-state index in [0.717, 1.165) is 31.7 Å². The molecule has 21 heavy (non-hydrogen) atoms. The Morgan fingerprint density at radius 1 is 0.810 bits per heavy atom. The van der Waals surface area contributed by atoms with E-state index in [9.17, 15) is 0 Å². The van der Waals surface area contributed by atoms with Crippen LogP contribution in [0.3, 0.4) is 0 Å². The third-order valence-electron chi connectivity index (χ3n) is 5.58. The Bertz CT molecular complexity index is 287. The van der Waals surface area contributed by atoms with Crippen LogP contribution in [-0.4, -0.2) is 38.1 Å². The summed E-state index contributed by atoms with van der Waals surface area (Å²) in [6.07, 6.45) is 13.6. The molecule has 0 aromatic rings. The lowest BCUT2D eigenvalue weighted by atomic mass is 9.76. The quantitative estimate of drug-likeness (QED) is 0.667. The molecule has 1 unspecified atom stereocenters. The smallest absolute Gasteiger partial charge is 0.104 e. The fourth-order valence-corrected chi connectivity index (χ4v) is 4.18. The van der Waals surface area contributed by atoms with Crippen LogP contribution in [0.1, 0.15) is 64.7 Å². The molecular formula is C18H32O3. The molecule has 3 fully saturated rings. The molecular weight excluding hydrogens is 264 g/mol. The molecule has 2 saturated carbocycles. The van der Waals surface area contributed by atoms with Gasteiger partial charge in [0.25, 0.3) is 0 Å². The zero-order chi connectivity index (χ0) is 14.5. The van der Waals surface area contributed by atoms with Crippen molar-refractivity contribution in [3.8, 4) is 0 Å². The molecule has 3 aliphatic rings. The van der Waals surface area contributed by atoms with E-state index in [1.807, 2.05) is 0 Å². The minimum atomic E-state index is 0.420. The van der Waals surface area contributed by atoms with Gasteiger partial charge in [0.2, 0.25) is 0 Å². The van der Waals surface area contributed by atoms with Gasteiger partial charge in [0.15, 0.2) is 0 Å². The highest BCUT2D eigenvalue weighted by Gasteiger charge is 2.29. The summed E-state index contributed by atoms with van der Waals surface area (Å²) in [5.41, 5.74) is 0. The standard InChI is InChI=1S/C18H32O3/c1-2-19-16-7-3-14(4-8-16)11-15-5-9-17(10-6-15)20-12-18-13-21-18/h14-18H,2-13H2,1H3. The van der Waals surface area contributed by atoms with Gasteiger partial charge >= 0.3 is 0 Å². The first kappa shape index (κ1) is 15.8. The Morgan fingerprint density at radius 2 is 1.33 bits per heavy atom. The van der Waals surface area contributed by atoms with E-state index in [1.165, 1.54) is 57.8 Å². The average Bonchev–Trinajstić information content (AvgIpc) is 3.33. The van der Waals surface area contributed by atoms with Crippen molar-refractivity contribution in [2.75, 3.05) is 19.8 Å². The van der Waals surface area contributed by atoms with Crippen LogP contribution in [0.2, 0.25) is 0 Å². The predicted octanol–water partition coefficient (Wildman–Crippen LogP) is 3.95. The van der Waals surface area contributed by atoms with Crippen LogP contribution in [0.5, 0.6) is 0 Å². The number of hydrogen-bond acceptors (Lipinski definition) is 3. The third kappa shape index (κ3) is 5.22. The van der Waals surface area contributed by atoms with Crippen molar-refractivity contribution in [1.29, 1.82) is 0 Å². The van der Waals surface area contributed by atoms with Crippen LogP contribution in [-0.2, 0) is 14.2 Å². The summed E-state index contributed by atoms with van der Waals surface area (Å²) in [7, 11) is 0. The molecule has 122 valence electrons. The van der Waals surface area contributed by atoms with Crippen molar-refractivity contribution in [1.82, 2.24) is 0 Å². The third-order valence-corrected chi connectivity index (χ3v) is 5.58. The van der Waals surface area contributed by atoms with Gasteiger partial charge in [-0.1, -0.05) is 0 Å². The Kier molecular flexibility index (Phi) is 5.96. The first-order valence-electron chi connectivity index (χ1n) is 9.18. The van der Waals surface area contributed by atoms with E-state index in [0.29, 0.717) is 18.3 Å². The highest BCUT2D eigenvalue weighted by Crippen LogP contribution is 2.36. The van der Waals surface area contributed by atoms with Gasteiger partial charge in [0.1, 0.15) is 6.10 Å². The van der Waals surface area contributed by atoms with Crippen molar-refractivity contribution < 1.29 is 14.2 Å². The maximum absolute atomic E-state index is 5.94. The molecule has 3 heteroatoms. The molecule has 0 spiro atoms. The van der Waals surface area contributed by atoms with Crippen LogP contribution < -0.4 is 0 Å². The van der Waals surface area contributed by atoms with Crippen LogP contribution in [0, 0.1) is 11.8 Å². The molecule has 1 heterocycles. The van der Waals surface area contributed by atoms with Gasteiger partial charge in [-0.3, -0.25) is 0 Å². The van der Waals surface area contributed by atoms with E-state index in [2.05, 4.69) is 6.92 Å². The van der Waals surface area contributed by atoms with Crippen LogP contribution in [0.15, 0.2) is 0 Å². The Hall–Kier alpha value is -0.120. The van der Waals surface area contributed by atoms with E-state index in [4.69, 9.17) is 14.2 Å². The average molecular weight is 296 g/mol. The fourth-order valence-electron chi connectivity index (χ4n) is 4.18. The summed E-state index contributed by atoms with van der Waals surface area (Å²) in [5.74, 6) is 1.92. The van der Waals surface area contributed by atoms with Crippen molar-refractivity contribution in [2.24, 2.45) is 11.8 Å². The Labute approximate surface area is 129 Å². The molecule has 0 radical (unpaired) electrons. The molecule has 1 saturated heterocycles. The first-order valence-corrected chi connectivity index (χ1v) is 9.18. The molecule has 1 aliphatic heterocycles. The molecule has 0 bridgehead atoms. The van der Waals surface area contributed by atoms with E-state index < -0.39 is 0 Å². The zero-order valence-electron chi connectivity index (χ0n) is 13.6. The predicted molar refractivity (Wildman–Crippen MR) is 83.4 cm³/mol. The molecule has 0 aromatic heterocycles. The number of epoxide rings is 1. The highest BCUT2D eigenvalue weighted by molar-refractivity contribution is 4.79. The topological polar surface area (TPSA) is 31.0 Å². The van der Waals surface area contributed by atoms with E-state index >= 15 is 0 Å². The van der Waals surface area contributed by atoms with Gasteiger partial charge in [-0.05, 0) is 76.5 Å². The van der Waals surface area contributed by atoms with Crippen LogP contribution in [0.25, 0.3) is 0 Å². The van der Waals surface area contributed by atoms with Gasteiger partial charge in [-0.15, -0.1) is 0 Å². The SMILES string of the molecule is CCOC1CCC(CC2CCC(OCC3CO3)CC2)CC1. The largest absolute Gasteiger partial charge is 0.379 e. The summed E-state index contributed by atoms with van der Waals surface area (Å²) < 4.78 is 16.9. The molecule has 0 aromatic carbocycles. The summed E-state index contributed by atoms with van der Waals surface area (Å²) >= 11 is 0. The summed E-state index contributed by atoms with van der Waals surface area (Å²) in [4.78, 5) is 0. The van der Waals surface area contributed by atoms with Crippen molar-refractivity contribution in [2.45, 2.75) is 83.0 Å². The summed E-state index contributed by atoms with van der Waals surface area (Å²) in [5, 5.41) is 0. The van der Waals surface area contributed by atoms with E-state index in [1.54, 1.807) is 0 Å². The van der Waals surface area contributed by atoms with Crippen LogP contribution in [0.4, 0.5) is 0 Å². The van der Waals surface area contributed by atoms with Crippen molar-refractivity contribution in [3.63, 3.8) is 0 Å². The lowest BCUT2D eigenvalue weighted by Gasteiger charge is -2.34. The maximum Gasteiger partial charge on any atom is 0.104 e. The molecule has 3 nitrogen and oxygen atoms in total. The Balaban J connectivity index is 1.28. The zero-order valence-corrected chi connectivity index (χ0v) is 13.6. The lowest BCUT2D eigenvalue weighted by Crippen LogP contribution is -2.26. The number of hydrogen-bond donors (Lipinski definition) is 0. The fraction of sp³-hybridized carbons (Fsp3) is 1.00. The second-order valence-electron chi connectivity index (χ2n) is 7.27. The van der Waals surface area contributed by atoms with Gasteiger partial charge in [-0.2, -0.15) is 0 Å². The number of rotatable bonds is 7. The molecule has 0 amide bonds.